The van der Waals surface area contributed by atoms with E-state index in [2.05, 4.69) is 99.1 Å². The summed E-state index contributed by atoms with van der Waals surface area (Å²) >= 11 is -2.87. The van der Waals surface area contributed by atoms with E-state index in [-0.39, 0.29) is 0 Å². The molecule has 0 aromatic carbocycles. The third kappa shape index (κ3) is 24.2. The summed E-state index contributed by atoms with van der Waals surface area (Å²) in [5, 5.41) is 9.33. The zero-order valence-corrected chi connectivity index (χ0v) is 23.8. The van der Waals surface area contributed by atoms with E-state index < -0.39 is 17.0 Å². The van der Waals surface area contributed by atoms with Crippen LogP contribution < -0.4 is 16.0 Å². The molecule has 0 bridgehead atoms. The summed E-state index contributed by atoms with van der Waals surface area (Å²) in [5.74, 6) is 0. The second kappa shape index (κ2) is 15.2. The average molecular weight is 538 g/mol. The Morgan fingerprint density at radius 3 is 1.04 bits per heavy atom. The Balaban J connectivity index is -0.000000300. The predicted octanol–water partition coefficient (Wildman–Crippen LogP) is 6.14. The van der Waals surface area contributed by atoms with Gasteiger partial charge in [0.15, 0.2) is 0 Å². The average Bonchev–Trinajstić information content (AvgIpc) is 3.05. The second-order valence-electron chi connectivity index (χ2n) is 10.4. The molecular weight excluding hydrogens is 485 g/mol. The van der Waals surface area contributed by atoms with Gasteiger partial charge in [0.1, 0.15) is 0 Å². The Kier molecular flexibility index (Phi) is 18.1. The molecule has 0 saturated heterocycles. The third-order valence-corrected chi connectivity index (χ3v) is 16.7. The van der Waals surface area contributed by atoms with E-state index in [1.807, 2.05) is 0 Å². The molecule has 4 heteroatoms. The van der Waals surface area contributed by atoms with Crippen LogP contribution in [0, 0.1) is 0 Å². The normalized spacial score (nSPS) is 15.1. The predicted molar refractivity (Wildman–Crippen MR) is 124 cm³/mol. The maximum absolute atomic E-state index is 3.11. The van der Waals surface area contributed by atoms with Crippen LogP contribution in [0.25, 0.3) is 0 Å². The van der Waals surface area contributed by atoms with E-state index in [1.165, 1.54) is 6.42 Å². The molecule has 0 aliphatic heterocycles. The molecule has 0 aromatic rings. The maximum atomic E-state index is 3.11. The molecule has 3 N–H and O–H groups in total. The van der Waals surface area contributed by atoms with Crippen LogP contribution in [0.15, 0.2) is 21.6 Å². The Hall–Kier alpha value is 0.230. The molecule has 26 heavy (non-hydrogen) atoms. The molecule has 0 spiro atoms. The fraction of sp³-hybridized carbons (Fsp3) is 0.818. The van der Waals surface area contributed by atoms with Gasteiger partial charge in [-0.1, -0.05) is 41.5 Å². The summed E-state index contributed by atoms with van der Waals surface area (Å²) in [6, 6.07) is 0. The molecule has 3 nitrogen and oxygen atoms in total. The molecule has 160 valence electrons. The first-order valence-corrected chi connectivity index (χ1v) is 30.6. The monoisotopic (exact) mass is 539 g/mol. The number of hydrogen-bond donors (Lipinski definition) is 3. The van der Waals surface area contributed by atoms with E-state index in [9.17, 15) is 0 Å². The van der Waals surface area contributed by atoms with Gasteiger partial charge in [-0.3, -0.25) is 0 Å². The van der Waals surface area contributed by atoms with Crippen LogP contribution in [0.3, 0.4) is 0 Å². The molecule has 0 heterocycles. The standard InChI is InChI=1S/C5H5.3C4H11N.5CH3.Hf/c1-2-4-5-3-1;3*1-3-5-4-2;;;;;;/h1-3H,4H2;3*5H,3-4H2,1-2H3;5*1H3;. The summed E-state index contributed by atoms with van der Waals surface area (Å²) in [6.45, 7) is 19.2. The van der Waals surface area contributed by atoms with Crippen LogP contribution >= 0.6 is 0 Å². The van der Waals surface area contributed by atoms with Gasteiger partial charge in [-0.15, -0.1) is 0 Å². The Bertz CT molecular complexity index is 343. The van der Waals surface area contributed by atoms with Crippen LogP contribution in [0.2, 0.25) is 23.4 Å². The van der Waals surface area contributed by atoms with Gasteiger partial charge < -0.3 is 16.0 Å². The first kappa shape index (κ1) is 30.9. The zero-order chi connectivity index (χ0) is 21.2. The van der Waals surface area contributed by atoms with Crippen LogP contribution in [0.1, 0.15) is 48.0 Å². The van der Waals surface area contributed by atoms with E-state index in [0.717, 1.165) is 39.3 Å². The summed E-state index contributed by atoms with van der Waals surface area (Å²) in [5.41, 5.74) is 0. The van der Waals surface area contributed by atoms with Crippen LogP contribution in [0.4, 0.5) is 0 Å². The first-order chi connectivity index (χ1) is 11.8. The van der Waals surface area contributed by atoms with Crippen molar-refractivity contribution in [3.63, 3.8) is 0 Å². The molecule has 1 rings (SSSR count). The number of nitrogens with one attached hydrogen (secondary N) is 3. The topological polar surface area (TPSA) is 36.1 Å². The molecule has 0 amide bonds. The number of hydrogen-bond acceptors (Lipinski definition) is 3. The van der Waals surface area contributed by atoms with Crippen molar-refractivity contribution in [2.75, 3.05) is 39.3 Å². The van der Waals surface area contributed by atoms with Gasteiger partial charge in [-0.2, -0.15) is 0 Å². The summed E-state index contributed by atoms with van der Waals surface area (Å²) < 4.78 is 14.3. The Labute approximate surface area is 164 Å². The van der Waals surface area contributed by atoms with Crippen molar-refractivity contribution in [1.82, 2.24) is 16.0 Å². The zero-order valence-electron chi connectivity index (χ0n) is 20.2. The molecular formula is C22H53HfN3. The third-order valence-electron chi connectivity index (χ3n) is 3.88. The minimum atomic E-state index is -2.87. The van der Waals surface area contributed by atoms with Crippen molar-refractivity contribution in [3.05, 3.63) is 21.6 Å². The van der Waals surface area contributed by atoms with Crippen molar-refractivity contribution >= 4 is 0 Å². The van der Waals surface area contributed by atoms with E-state index in [4.69, 9.17) is 0 Å². The van der Waals surface area contributed by atoms with Crippen molar-refractivity contribution < 1.29 is 17.0 Å². The van der Waals surface area contributed by atoms with E-state index in [0.29, 0.717) is 0 Å². The molecule has 1 aliphatic carbocycles. The van der Waals surface area contributed by atoms with Gasteiger partial charge in [0.2, 0.25) is 0 Å². The quantitative estimate of drug-likeness (QED) is 0.341. The SMILES string of the molecule is CCNCC.CCNCC.CCNCC.[CH3][Hf]([CH3])([CH3])([CH3])([CH3])[C]1=CC=CC1. The van der Waals surface area contributed by atoms with Crippen molar-refractivity contribution in [2.45, 2.75) is 71.4 Å². The molecule has 0 aromatic heterocycles. The fourth-order valence-corrected chi connectivity index (χ4v) is 9.55. The molecule has 0 fully saturated rings. The Morgan fingerprint density at radius 2 is 0.962 bits per heavy atom. The summed E-state index contributed by atoms with van der Waals surface area (Å²) in [6.07, 6.45) is 8.01. The summed E-state index contributed by atoms with van der Waals surface area (Å²) in [7, 11) is 0. The molecule has 0 unspecified atom stereocenters. The first-order valence-electron chi connectivity index (χ1n) is 10.8. The van der Waals surface area contributed by atoms with Crippen molar-refractivity contribution in [1.29, 1.82) is 0 Å². The second-order valence-corrected chi connectivity index (χ2v) is 57.7. The Morgan fingerprint density at radius 1 is 0.654 bits per heavy atom. The van der Waals surface area contributed by atoms with Gasteiger partial charge in [0.05, 0.1) is 0 Å². The fourth-order valence-electron chi connectivity index (χ4n) is 2.12. The van der Waals surface area contributed by atoms with Crippen LogP contribution in [-0.4, -0.2) is 39.3 Å². The minimum absolute atomic E-state index is 1.09. The van der Waals surface area contributed by atoms with Gasteiger partial charge >= 0.3 is 68.4 Å². The van der Waals surface area contributed by atoms with Gasteiger partial charge in [-0.05, 0) is 39.3 Å². The number of allylic oxidation sites excluding steroid dienone is 4. The van der Waals surface area contributed by atoms with E-state index >= 15 is 0 Å². The number of rotatable bonds is 7. The molecule has 0 atom stereocenters. The van der Waals surface area contributed by atoms with Crippen molar-refractivity contribution in [3.8, 4) is 0 Å². The molecule has 0 saturated carbocycles. The molecule has 1 aliphatic rings. The summed E-state index contributed by atoms with van der Waals surface area (Å²) in [4.78, 5) is 0. The van der Waals surface area contributed by atoms with Gasteiger partial charge in [0.25, 0.3) is 0 Å². The van der Waals surface area contributed by atoms with Gasteiger partial charge in [0, 0.05) is 0 Å². The van der Waals surface area contributed by atoms with Crippen LogP contribution in [-0.2, 0) is 17.0 Å². The van der Waals surface area contributed by atoms with Crippen LogP contribution in [0.5, 0.6) is 0 Å². The van der Waals surface area contributed by atoms with E-state index in [1.54, 1.807) is 3.33 Å². The van der Waals surface area contributed by atoms with Gasteiger partial charge in [-0.25, -0.2) is 0 Å². The van der Waals surface area contributed by atoms with Crippen molar-refractivity contribution in [2.24, 2.45) is 0 Å². The molecule has 0 radical (unpaired) electrons.